The fourth-order valence-corrected chi connectivity index (χ4v) is 2.11. The molecule has 0 amide bonds. The summed E-state index contributed by atoms with van der Waals surface area (Å²) in [5.74, 6) is 0. The molecular weight excluding hydrogens is 176 g/mol. The van der Waals surface area contributed by atoms with Crippen molar-refractivity contribution in [3.8, 4) is 0 Å². The molecule has 1 fully saturated rings. The van der Waals surface area contributed by atoms with E-state index >= 15 is 0 Å². The molecule has 0 aliphatic heterocycles. The van der Waals surface area contributed by atoms with E-state index in [-0.39, 0.29) is 0 Å². The predicted octanol–water partition coefficient (Wildman–Crippen LogP) is 2.02. The Morgan fingerprint density at radius 1 is 1.07 bits per heavy atom. The van der Waals surface area contributed by atoms with E-state index in [0.29, 0.717) is 0 Å². The Balaban J connectivity index is 2.21. The van der Waals surface area contributed by atoms with Gasteiger partial charge in [0.25, 0.3) is 0 Å². The predicted molar refractivity (Wildman–Crippen MR) is 53.6 cm³/mol. The van der Waals surface area contributed by atoms with Crippen molar-refractivity contribution in [2.75, 3.05) is 0 Å². The first-order valence-electron chi connectivity index (χ1n) is 5.30. The Morgan fingerprint density at radius 2 is 1.79 bits per heavy atom. The Morgan fingerprint density at radius 3 is 2.36 bits per heavy atom. The summed E-state index contributed by atoms with van der Waals surface area (Å²) < 4.78 is 0. The standard InChI is InChI=1S/C11H16N2O/c14-11(5-3-1-2-4-6-11)10-9-12-7-8-13-10/h7-9,14H,1-6H2. The van der Waals surface area contributed by atoms with Crippen molar-refractivity contribution in [1.82, 2.24) is 9.97 Å². The van der Waals surface area contributed by atoms with Crippen LogP contribution in [0.1, 0.15) is 44.2 Å². The third-order valence-corrected chi connectivity index (χ3v) is 2.97. The minimum absolute atomic E-state index is 0.717. The molecule has 3 heteroatoms. The van der Waals surface area contributed by atoms with E-state index in [1.807, 2.05) is 0 Å². The summed E-state index contributed by atoms with van der Waals surface area (Å²) in [5, 5.41) is 10.4. The zero-order valence-electron chi connectivity index (χ0n) is 8.32. The van der Waals surface area contributed by atoms with Crippen LogP contribution < -0.4 is 0 Å². The van der Waals surface area contributed by atoms with E-state index in [1.165, 1.54) is 12.8 Å². The summed E-state index contributed by atoms with van der Waals surface area (Å²) >= 11 is 0. The first-order chi connectivity index (χ1) is 6.81. The summed E-state index contributed by atoms with van der Waals surface area (Å²) in [6.07, 6.45) is 11.3. The van der Waals surface area contributed by atoms with Gasteiger partial charge in [-0.25, -0.2) is 0 Å². The number of hydrogen-bond acceptors (Lipinski definition) is 3. The van der Waals surface area contributed by atoms with Gasteiger partial charge in [0.05, 0.1) is 11.9 Å². The maximum atomic E-state index is 10.4. The third kappa shape index (κ3) is 1.93. The SMILES string of the molecule is OC1(c2cnccn2)CCCCCC1. The van der Waals surface area contributed by atoms with Crippen molar-refractivity contribution in [1.29, 1.82) is 0 Å². The van der Waals surface area contributed by atoms with Crippen molar-refractivity contribution < 1.29 is 5.11 Å². The average molecular weight is 192 g/mol. The van der Waals surface area contributed by atoms with Crippen LogP contribution in [0.25, 0.3) is 0 Å². The minimum atomic E-state index is -0.717. The van der Waals surface area contributed by atoms with E-state index in [1.54, 1.807) is 18.6 Å². The molecule has 1 aliphatic rings. The van der Waals surface area contributed by atoms with Gasteiger partial charge in [0.2, 0.25) is 0 Å². The summed E-state index contributed by atoms with van der Waals surface area (Å²) in [4.78, 5) is 8.22. The highest BCUT2D eigenvalue weighted by atomic mass is 16.3. The lowest BCUT2D eigenvalue weighted by molar-refractivity contribution is 0.0160. The summed E-state index contributed by atoms with van der Waals surface area (Å²) in [6.45, 7) is 0. The quantitative estimate of drug-likeness (QED) is 0.692. The molecule has 0 aromatic carbocycles. The van der Waals surface area contributed by atoms with Crippen LogP contribution >= 0.6 is 0 Å². The van der Waals surface area contributed by atoms with Crippen LogP contribution in [0.4, 0.5) is 0 Å². The molecule has 1 aliphatic carbocycles. The number of aliphatic hydroxyl groups is 1. The van der Waals surface area contributed by atoms with Crippen LogP contribution in [0.15, 0.2) is 18.6 Å². The third-order valence-electron chi connectivity index (χ3n) is 2.97. The van der Waals surface area contributed by atoms with Crippen LogP contribution in [-0.2, 0) is 5.60 Å². The van der Waals surface area contributed by atoms with Crippen molar-refractivity contribution in [2.24, 2.45) is 0 Å². The van der Waals surface area contributed by atoms with Crippen LogP contribution in [-0.4, -0.2) is 15.1 Å². The van der Waals surface area contributed by atoms with Gasteiger partial charge in [0.1, 0.15) is 5.60 Å². The van der Waals surface area contributed by atoms with Gasteiger partial charge in [-0.05, 0) is 12.8 Å². The second-order valence-electron chi connectivity index (χ2n) is 4.04. The lowest BCUT2D eigenvalue weighted by atomic mass is 9.91. The summed E-state index contributed by atoms with van der Waals surface area (Å²) in [7, 11) is 0. The second kappa shape index (κ2) is 4.05. The van der Waals surface area contributed by atoms with Crippen molar-refractivity contribution >= 4 is 0 Å². The average Bonchev–Trinajstić information content (AvgIpc) is 2.46. The fraction of sp³-hybridized carbons (Fsp3) is 0.636. The van der Waals surface area contributed by atoms with Gasteiger partial charge in [0.15, 0.2) is 0 Å². The first-order valence-corrected chi connectivity index (χ1v) is 5.30. The lowest BCUT2D eigenvalue weighted by Crippen LogP contribution is -2.26. The van der Waals surface area contributed by atoms with Crippen LogP contribution in [0, 0.1) is 0 Å². The van der Waals surface area contributed by atoms with E-state index in [4.69, 9.17) is 0 Å². The molecule has 0 radical (unpaired) electrons. The van der Waals surface area contributed by atoms with Gasteiger partial charge in [-0.1, -0.05) is 25.7 Å². The zero-order valence-corrected chi connectivity index (χ0v) is 8.32. The van der Waals surface area contributed by atoms with E-state index in [2.05, 4.69) is 9.97 Å². The monoisotopic (exact) mass is 192 g/mol. The van der Waals surface area contributed by atoms with Crippen LogP contribution in [0.3, 0.4) is 0 Å². The van der Waals surface area contributed by atoms with Crippen LogP contribution in [0.5, 0.6) is 0 Å². The molecule has 0 unspecified atom stereocenters. The molecular formula is C11H16N2O. The molecule has 1 heterocycles. The number of nitrogens with zero attached hydrogens (tertiary/aromatic N) is 2. The van der Waals surface area contributed by atoms with Gasteiger partial charge in [-0.2, -0.15) is 0 Å². The molecule has 0 spiro atoms. The fourth-order valence-electron chi connectivity index (χ4n) is 2.11. The van der Waals surface area contributed by atoms with E-state index < -0.39 is 5.60 Å². The van der Waals surface area contributed by atoms with Gasteiger partial charge in [-0.3, -0.25) is 9.97 Å². The van der Waals surface area contributed by atoms with Crippen LogP contribution in [0.2, 0.25) is 0 Å². The molecule has 1 aromatic heterocycles. The van der Waals surface area contributed by atoms with Crippen molar-refractivity contribution in [3.63, 3.8) is 0 Å². The van der Waals surface area contributed by atoms with Gasteiger partial charge < -0.3 is 5.11 Å². The molecule has 1 N–H and O–H groups in total. The van der Waals surface area contributed by atoms with Crippen molar-refractivity contribution in [3.05, 3.63) is 24.3 Å². The highest BCUT2D eigenvalue weighted by Crippen LogP contribution is 2.34. The molecule has 0 saturated heterocycles. The van der Waals surface area contributed by atoms with Crippen molar-refractivity contribution in [2.45, 2.75) is 44.1 Å². The Kier molecular flexibility index (Phi) is 2.77. The van der Waals surface area contributed by atoms with Gasteiger partial charge >= 0.3 is 0 Å². The second-order valence-corrected chi connectivity index (χ2v) is 4.04. The number of aromatic nitrogens is 2. The highest BCUT2D eigenvalue weighted by Gasteiger charge is 2.31. The van der Waals surface area contributed by atoms with E-state index in [0.717, 1.165) is 31.4 Å². The van der Waals surface area contributed by atoms with E-state index in [9.17, 15) is 5.11 Å². The van der Waals surface area contributed by atoms with Gasteiger partial charge in [0, 0.05) is 12.4 Å². The molecule has 3 nitrogen and oxygen atoms in total. The summed E-state index contributed by atoms with van der Waals surface area (Å²) in [5.41, 5.74) is 0.0204. The molecule has 14 heavy (non-hydrogen) atoms. The Labute approximate surface area is 84.2 Å². The minimum Gasteiger partial charge on any atom is -0.383 e. The highest BCUT2D eigenvalue weighted by molar-refractivity contribution is 5.08. The summed E-state index contributed by atoms with van der Waals surface area (Å²) in [6, 6.07) is 0. The number of hydrogen-bond donors (Lipinski definition) is 1. The Hall–Kier alpha value is -0.960. The molecule has 0 bridgehead atoms. The largest absolute Gasteiger partial charge is 0.383 e. The molecule has 1 saturated carbocycles. The topological polar surface area (TPSA) is 46.0 Å². The maximum Gasteiger partial charge on any atom is 0.108 e. The zero-order chi connectivity index (χ0) is 9.86. The Bertz CT molecular complexity index is 279. The first kappa shape index (κ1) is 9.59. The molecule has 0 atom stereocenters. The van der Waals surface area contributed by atoms with Gasteiger partial charge in [-0.15, -0.1) is 0 Å². The lowest BCUT2D eigenvalue weighted by Gasteiger charge is -2.25. The molecule has 2 rings (SSSR count). The number of rotatable bonds is 1. The smallest absolute Gasteiger partial charge is 0.108 e. The maximum absolute atomic E-state index is 10.4. The normalized spacial score (nSPS) is 21.5. The molecule has 1 aromatic rings. The molecule has 76 valence electrons.